The molecular weight excluding hydrogens is 304 g/mol. The molecule has 0 amide bonds. The highest BCUT2D eigenvalue weighted by Crippen LogP contribution is 2.45. The molecule has 1 aliphatic rings. The summed E-state index contributed by atoms with van der Waals surface area (Å²) in [6.45, 7) is 4.50. The molecule has 0 nitrogen and oxygen atoms in total. The van der Waals surface area contributed by atoms with Gasteiger partial charge in [-0.1, -0.05) is 19.8 Å². The summed E-state index contributed by atoms with van der Waals surface area (Å²) < 4.78 is 1.20. The predicted molar refractivity (Wildman–Crippen MR) is 76.5 cm³/mol. The predicted octanol–water partition coefficient (Wildman–Crippen LogP) is 5.93. The van der Waals surface area contributed by atoms with Gasteiger partial charge in [0.15, 0.2) is 0 Å². The Kier molecular flexibility index (Phi) is 4.37. The molecular formula is C13H18BrClS. The second kappa shape index (κ2) is 5.41. The maximum Gasteiger partial charge on any atom is 0.0718 e. The van der Waals surface area contributed by atoms with Crippen molar-refractivity contribution in [1.29, 1.82) is 0 Å². The Labute approximate surface area is 116 Å². The summed E-state index contributed by atoms with van der Waals surface area (Å²) in [5, 5.41) is 0.209. The van der Waals surface area contributed by atoms with Crippen LogP contribution in [0.3, 0.4) is 0 Å². The molecule has 16 heavy (non-hydrogen) atoms. The molecule has 90 valence electrons. The van der Waals surface area contributed by atoms with Crippen LogP contribution in [0.25, 0.3) is 0 Å². The van der Waals surface area contributed by atoms with Gasteiger partial charge >= 0.3 is 0 Å². The van der Waals surface area contributed by atoms with Crippen LogP contribution in [0, 0.1) is 18.8 Å². The molecule has 0 aliphatic heterocycles. The smallest absolute Gasteiger partial charge is 0.0718 e. The van der Waals surface area contributed by atoms with Gasteiger partial charge in [-0.2, -0.15) is 0 Å². The average Bonchev–Trinajstić information content (AvgIpc) is 2.58. The minimum absolute atomic E-state index is 0.209. The Bertz CT molecular complexity index is 353. The zero-order chi connectivity index (χ0) is 11.7. The van der Waals surface area contributed by atoms with E-state index in [9.17, 15) is 0 Å². The van der Waals surface area contributed by atoms with E-state index in [1.54, 1.807) is 0 Å². The Morgan fingerprint density at radius 1 is 1.38 bits per heavy atom. The number of thiophene rings is 1. The van der Waals surface area contributed by atoms with E-state index in [1.165, 1.54) is 39.9 Å². The summed E-state index contributed by atoms with van der Waals surface area (Å²) >= 11 is 12.1. The zero-order valence-electron chi connectivity index (χ0n) is 9.80. The van der Waals surface area contributed by atoms with Crippen LogP contribution in [0.2, 0.25) is 0 Å². The number of rotatable bonds is 2. The topological polar surface area (TPSA) is 0 Å². The Balaban J connectivity index is 2.07. The number of hydrogen-bond donors (Lipinski definition) is 0. The molecule has 0 saturated heterocycles. The molecule has 0 aromatic carbocycles. The molecule has 1 heterocycles. The lowest BCUT2D eigenvalue weighted by atomic mass is 9.81. The summed E-state index contributed by atoms with van der Waals surface area (Å²) in [5.74, 6) is 1.57. The second-order valence-electron chi connectivity index (χ2n) is 4.99. The van der Waals surface area contributed by atoms with Gasteiger partial charge in [-0.25, -0.2) is 0 Å². The number of hydrogen-bond acceptors (Lipinski definition) is 1. The molecule has 1 atom stereocenters. The van der Waals surface area contributed by atoms with Gasteiger partial charge in [0.1, 0.15) is 0 Å². The van der Waals surface area contributed by atoms with Crippen LogP contribution in [-0.4, -0.2) is 0 Å². The number of alkyl halides is 1. The lowest BCUT2D eigenvalue weighted by Gasteiger charge is -2.29. The molecule has 2 rings (SSSR count). The second-order valence-corrected chi connectivity index (χ2v) is 7.60. The van der Waals surface area contributed by atoms with Gasteiger partial charge in [0.25, 0.3) is 0 Å². The molecule has 1 aromatic rings. The molecule has 1 aromatic heterocycles. The lowest BCUT2D eigenvalue weighted by Crippen LogP contribution is -2.16. The van der Waals surface area contributed by atoms with E-state index in [1.807, 2.05) is 11.3 Å². The Morgan fingerprint density at radius 3 is 2.50 bits per heavy atom. The van der Waals surface area contributed by atoms with E-state index in [2.05, 4.69) is 35.8 Å². The first kappa shape index (κ1) is 12.9. The first-order chi connectivity index (χ1) is 7.58. The molecule has 0 spiro atoms. The van der Waals surface area contributed by atoms with Crippen LogP contribution in [0.1, 0.15) is 47.7 Å². The maximum atomic E-state index is 6.63. The van der Waals surface area contributed by atoms with E-state index >= 15 is 0 Å². The van der Waals surface area contributed by atoms with Crippen molar-refractivity contribution >= 4 is 38.9 Å². The standard InChI is InChI=1S/C13H18BrClS/c1-8-3-5-10(6-4-8)12(15)13-11(14)7-9(2)16-13/h7-8,10,12H,3-6H2,1-2H3. The zero-order valence-corrected chi connectivity index (χ0v) is 13.0. The van der Waals surface area contributed by atoms with Crippen LogP contribution in [0.4, 0.5) is 0 Å². The monoisotopic (exact) mass is 320 g/mol. The maximum absolute atomic E-state index is 6.63. The third-order valence-electron chi connectivity index (χ3n) is 3.56. The van der Waals surface area contributed by atoms with E-state index in [-0.39, 0.29) is 5.38 Å². The summed E-state index contributed by atoms with van der Waals surface area (Å²) in [5.41, 5.74) is 0. The first-order valence-corrected chi connectivity index (χ1v) is 8.02. The molecule has 1 unspecified atom stereocenters. The van der Waals surface area contributed by atoms with Crippen molar-refractivity contribution in [3.63, 3.8) is 0 Å². The van der Waals surface area contributed by atoms with Gasteiger partial charge in [-0.15, -0.1) is 22.9 Å². The normalized spacial score (nSPS) is 28.0. The van der Waals surface area contributed by atoms with Gasteiger partial charge in [0.05, 0.1) is 5.38 Å². The highest BCUT2D eigenvalue weighted by atomic mass is 79.9. The van der Waals surface area contributed by atoms with E-state index in [0.29, 0.717) is 5.92 Å². The van der Waals surface area contributed by atoms with E-state index in [0.717, 1.165) is 5.92 Å². The molecule has 1 fully saturated rings. The first-order valence-electron chi connectivity index (χ1n) is 5.98. The molecule has 1 aliphatic carbocycles. The minimum Gasteiger partial charge on any atom is -0.143 e. The van der Waals surface area contributed by atoms with Crippen LogP contribution in [0.5, 0.6) is 0 Å². The van der Waals surface area contributed by atoms with Crippen LogP contribution < -0.4 is 0 Å². The number of aryl methyl sites for hydroxylation is 1. The van der Waals surface area contributed by atoms with Gasteiger partial charge in [0, 0.05) is 14.2 Å². The molecule has 0 N–H and O–H groups in total. The van der Waals surface area contributed by atoms with Crippen molar-refractivity contribution in [3.8, 4) is 0 Å². The SMILES string of the molecule is Cc1cc(Br)c(C(Cl)C2CCC(C)CC2)s1. The van der Waals surface area contributed by atoms with Crippen molar-refractivity contribution in [2.45, 2.75) is 44.9 Å². The fourth-order valence-electron chi connectivity index (χ4n) is 2.48. The summed E-state index contributed by atoms with van der Waals surface area (Å²) in [6.07, 6.45) is 5.27. The highest BCUT2D eigenvalue weighted by Gasteiger charge is 2.27. The highest BCUT2D eigenvalue weighted by molar-refractivity contribution is 9.10. The van der Waals surface area contributed by atoms with Crippen LogP contribution in [0.15, 0.2) is 10.5 Å². The van der Waals surface area contributed by atoms with Gasteiger partial charge < -0.3 is 0 Å². The third kappa shape index (κ3) is 2.83. The third-order valence-corrected chi connectivity index (χ3v) is 6.32. The van der Waals surface area contributed by atoms with Crippen LogP contribution >= 0.6 is 38.9 Å². The van der Waals surface area contributed by atoms with Crippen molar-refractivity contribution in [2.75, 3.05) is 0 Å². The fraction of sp³-hybridized carbons (Fsp3) is 0.692. The average molecular weight is 322 g/mol. The van der Waals surface area contributed by atoms with Crippen molar-refractivity contribution in [2.24, 2.45) is 11.8 Å². The molecule has 0 radical (unpaired) electrons. The Morgan fingerprint density at radius 2 is 2.00 bits per heavy atom. The largest absolute Gasteiger partial charge is 0.143 e. The van der Waals surface area contributed by atoms with Crippen molar-refractivity contribution in [3.05, 3.63) is 20.3 Å². The fourth-order valence-corrected chi connectivity index (χ4v) is 5.09. The summed E-state index contributed by atoms with van der Waals surface area (Å²) in [6, 6.07) is 2.18. The van der Waals surface area contributed by atoms with E-state index < -0.39 is 0 Å². The lowest BCUT2D eigenvalue weighted by molar-refractivity contribution is 0.284. The van der Waals surface area contributed by atoms with Crippen molar-refractivity contribution < 1.29 is 0 Å². The number of halogens is 2. The van der Waals surface area contributed by atoms with Crippen molar-refractivity contribution in [1.82, 2.24) is 0 Å². The van der Waals surface area contributed by atoms with Gasteiger partial charge in [0.2, 0.25) is 0 Å². The Hall–Kier alpha value is 0.470. The quantitative estimate of drug-likeness (QED) is 0.593. The van der Waals surface area contributed by atoms with Gasteiger partial charge in [-0.05, 0) is 53.6 Å². The van der Waals surface area contributed by atoms with Crippen LogP contribution in [-0.2, 0) is 0 Å². The summed E-state index contributed by atoms with van der Waals surface area (Å²) in [4.78, 5) is 2.68. The van der Waals surface area contributed by atoms with E-state index in [4.69, 9.17) is 11.6 Å². The van der Waals surface area contributed by atoms with Gasteiger partial charge in [-0.3, -0.25) is 0 Å². The summed E-state index contributed by atoms with van der Waals surface area (Å²) in [7, 11) is 0. The minimum atomic E-state index is 0.209. The molecule has 1 saturated carbocycles. The molecule has 0 bridgehead atoms. The molecule has 3 heteroatoms.